The summed E-state index contributed by atoms with van der Waals surface area (Å²) in [6.07, 6.45) is 3.83. The number of carbonyl (C=O) groups is 1. The zero-order chi connectivity index (χ0) is 18.0. The Bertz CT molecular complexity index is 701. The van der Waals surface area contributed by atoms with Gasteiger partial charge >= 0.3 is 0 Å². The molecule has 6 nitrogen and oxygen atoms in total. The van der Waals surface area contributed by atoms with Gasteiger partial charge in [-0.25, -0.2) is 8.42 Å². The molecule has 1 N–H and O–H groups in total. The van der Waals surface area contributed by atoms with E-state index in [0.29, 0.717) is 18.8 Å². The molecule has 1 heterocycles. The van der Waals surface area contributed by atoms with Crippen molar-refractivity contribution in [1.29, 1.82) is 0 Å². The summed E-state index contributed by atoms with van der Waals surface area (Å²) in [5.74, 6) is 0.115. The lowest BCUT2D eigenvalue weighted by Gasteiger charge is -2.34. The molecule has 3 rings (SSSR count). The number of benzene rings is 1. The Kier molecular flexibility index (Phi) is 5.46. The monoisotopic (exact) mass is 366 g/mol. The largest absolute Gasteiger partial charge is 0.373 e. The molecule has 2 fully saturated rings. The molecule has 25 heavy (non-hydrogen) atoms. The van der Waals surface area contributed by atoms with E-state index in [1.54, 1.807) is 24.3 Å². The second-order valence-corrected chi connectivity index (χ2v) is 9.01. The van der Waals surface area contributed by atoms with Crippen LogP contribution in [0.15, 0.2) is 29.2 Å². The molecular weight excluding hydrogens is 340 g/mol. The van der Waals surface area contributed by atoms with Crippen molar-refractivity contribution in [3.05, 3.63) is 24.3 Å². The molecule has 1 saturated heterocycles. The first-order valence-electron chi connectivity index (χ1n) is 8.93. The van der Waals surface area contributed by atoms with Crippen molar-refractivity contribution in [2.24, 2.45) is 5.92 Å². The zero-order valence-corrected chi connectivity index (χ0v) is 15.6. The Labute approximate surface area is 149 Å². The first-order chi connectivity index (χ1) is 11.9. The molecule has 2 aliphatic rings. The zero-order valence-electron chi connectivity index (χ0n) is 14.8. The van der Waals surface area contributed by atoms with Gasteiger partial charge in [0.1, 0.15) is 0 Å². The lowest BCUT2D eigenvalue weighted by Crippen LogP contribution is -2.48. The van der Waals surface area contributed by atoms with E-state index in [0.717, 1.165) is 25.7 Å². The Balaban J connectivity index is 1.69. The molecule has 1 aromatic rings. The molecule has 0 radical (unpaired) electrons. The topological polar surface area (TPSA) is 75.7 Å². The summed E-state index contributed by atoms with van der Waals surface area (Å²) >= 11 is 0. The molecule has 2 atom stereocenters. The molecule has 7 heteroatoms. The van der Waals surface area contributed by atoms with Crippen LogP contribution < -0.4 is 5.32 Å². The van der Waals surface area contributed by atoms with Gasteiger partial charge in [0.2, 0.25) is 15.9 Å². The molecule has 0 spiro atoms. The second kappa shape index (κ2) is 7.43. The van der Waals surface area contributed by atoms with Crippen LogP contribution in [0.25, 0.3) is 0 Å². The van der Waals surface area contributed by atoms with Crippen LogP contribution in [0.2, 0.25) is 0 Å². The standard InChI is InChI=1S/C18H26N2O4S/c1-13-11-20(12-14(2)24-13)25(22,23)17-9-7-16(8-10-17)19-18(21)15-5-3-4-6-15/h7-10,13-15H,3-6,11-12H2,1-2H3,(H,19,21). The van der Waals surface area contributed by atoms with Crippen molar-refractivity contribution in [3.8, 4) is 0 Å². The number of carbonyl (C=O) groups excluding carboxylic acids is 1. The highest BCUT2D eigenvalue weighted by atomic mass is 32.2. The third kappa shape index (κ3) is 4.22. The fraction of sp³-hybridized carbons (Fsp3) is 0.611. The minimum atomic E-state index is -3.55. The first-order valence-corrected chi connectivity index (χ1v) is 10.4. The van der Waals surface area contributed by atoms with E-state index in [-0.39, 0.29) is 28.9 Å². The fourth-order valence-electron chi connectivity index (χ4n) is 3.62. The molecule has 2 unspecified atom stereocenters. The van der Waals surface area contributed by atoms with Crippen molar-refractivity contribution < 1.29 is 17.9 Å². The van der Waals surface area contributed by atoms with E-state index < -0.39 is 10.0 Å². The quantitative estimate of drug-likeness (QED) is 0.889. The summed E-state index contributed by atoms with van der Waals surface area (Å²) in [5, 5.41) is 2.89. The van der Waals surface area contributed by atoms with E-state index in [2.05, 4.69) is 5.32 Å². The first kappa shape index (κ1) is 18.4. The van der Waals surface area contributed by atoms with Gasteiger partial charge in [0.05, 0.1) is 17.1 Å². The highest BCUT2D eigenvalue weighted by molar-refractivity contribution is 7.89. The number of amides is 1. The summed E-state index contributed by atoms with van der Waals surface area (Å²) in [6.45, 7) is 4.46. The molecule has 1 aliphatic carbocycles. The van der Waals surface area contributed by atoms with Crippen LogP contribution in [0.3, 0.4) is 0 Å². The number of nitrogens with one attached hydrogen (secondary N) is 1. The van der Waals surface area contributed by atoms with Crippen molar-refractivity contribution in [3.63, 3.8) is 0 Å². The minimum absolute atomic E-state index is 0.0314. The number of hydrogen-bond donors (Lipinski definition) is 1. The van der Waals surface area contributed by atoms with E-state index in [1.165, 1.54) is 4.31 Å². The smallest absolute Gasteiger partial charge is 0.243 e. The van der Waals surface area contributed by atoms with Crippen LogP contribution in [0.1, 0.15) is 39.5 Å². The van der Waals surface area contributed by atoms with Crippen LogP contribution in [0, 0.1) is 5.92 Å². The third-order valence-corrected chi connectivity index (χ3v) is 6.72. The Morgan fingerprint density at radius 2 is 1.64 bits per heavy atom. The highest BCUT2D eigenvalue weighted by Crippen LogP contribution is 2.27. The molecule has 0 bridgehead atoms. The van der Waals surface area contributed by atoms with Crippen LogP contribution in [-0.2, 0) is 19.6 Å². The van der Waals surface area contributed by atoms with Gasteiger partial charge < -0.3 is 10.1 Å². The molecule has 138 valence electrons. The van der Waals surface area contributed by atoms with E-state index >= 15 is 0 Å². The van der Waals surface area contributed by atoms with Gasteiger partial charge in [0, 0.05) is 24.7 Å². The van der Waals surface area contributed by atoms with Crippen LogP contribution in [0.5, 0.6) is 0 Å². The summed E-state index contributed by atoms with van der Waals surface area (Å²) in [6, 6.07) is 6.44. The molecule has 1 aliphatic heterocycles. The Hall–Kier alpha value is -1.44. The van der Waals surface area contributed by atoms with Crippen LogP contribution in [-0.4, -0.2) is 43.9 Å². The Morgan fingerprint density at radius 1 is 1.08 bits per heavy atom. The predicted octanol–water partition coefficient (Wildman–Crippen LogP) is 2.61. The highest BCUT2D eigenvalue weighted by Gasteiger charge is 2.32. The summed E-state index contributed by atoms with van der Waals surface area (Å²) in [5.41, 5.74) is 0.638. The molecular formula is C18H26N2O4S. The summed E-state index contributed by atoms with van der Waals surface area (Å²) in [4.78, 5) is 12.4. The number of rotatable bonds is 4. The lowest BCUT2D eigenvalue weighted by atomic mass is 10.1. The normalized spacial score (nSPS) is 25.8. The van der Waals surface area contributed by atoms with Crippen molar-refractivity contribution >= 4 is 21.6 Å². The van der Waals surface area contributed by atoms with Gasteiger partial charge in [-0.15, -0.1) is 0 Å². The average Bonchev–Trinajstić information content (AvgIpc) is 3.09. The maximum atomic E-state index is 12.8. The number of hydrogen-bond acceptors (Lipinski definition) is 4. The number of morpholine rings is 1. The number of ether oxygens (including phenoxy) is 1. The fourth-order valence-corrected chi connectivity index (χ4v) is 5.21. The molecule has 1 aromatic carbocycles. The van der Waals surface area contributed by atoms with Gasteiger partial charge in [-0.1, -0.05) is 12.8 Å². The van der Waals surface area contributed by atoms with Gasteiger partial charge in [-0.2, -0.15) is 4.31 Å². The molecule has 1 saturated carbocycles. The number of anilines is 1. The molecule has 0 aromatic heterocycles. The lowest BCUT2D eigenvalue weighted by molar-refractivity contribution is -0.119. The average molecular weight is 366 g/mol. The van der Waals surface area contributed by atoms with E-state index in [1.807, 2.05) is 13.8 Å². The van der Waals surface area contributed by atoms with Gasteiger partial charge in [-0.3, -0.25) is 4.79 Å². The predicted molar refractivity (Wildman–Crippen MR) is 95.8 cm³/mol. The summed E-state index contributed by atoms with van der Waals surface area (Å²) in [7, 11) is -3.55. The second-order valence-electron chi connectivity index (χ2n) is 7.07. The Morgan fingerprint density at radius 3 is 2.20 bits per heavy atom. The van der Waals surface area contributed by atoms with Gasteiger partial charge in [-0.05, 0) is 51.0 Å². The third-order valence-electron chi connectivity index (χ3n) is 4.87. The van der Waals surface area contributed by atoms with E-state index in [9.17, 15) is 13.2 Å². The van der Waals surface area contributed by atoms with Crippen molar-refractivity contribution in [2.75, 3.05) is 18.4 Å². The van der Waals surface area contributed by atoms with Gasteiger partial charge in [0.25, 0.3) is 0 Å². The van der Waals surface area contributed by atoms with Crippen LogP contribution in [0.4, 0.5) is 5.69 Å². The van der Waals surface area contributed by atoms with E-state index in [4.69, 9.17) is 4.74 Å². The van der Waals surface area contributed by atoms with Crippen molar-refractivity contribution in [2.45, 2.75) is 56.6 Å². The minimum Gasteiger partial charge on any atom is -0.373 e. The number of nitrogens with zero attached hydrogens (tertiary/aromatic N) is 1. The number of sulfonamides is 1. The molecule has 1 amide bonds. The van der Waals surface area contributed by atoms with Crippen LogP contribution >= 0.6 is 0 Å². The maximum absolute atomic E-state index is 12.8. The summed E-state index contributed by atoms with van der Waals surface area (Å²) < 4.78 is 32.7. The SMILES string of the molecule is CC1CN(S(=O)(=O)c2ccc(NC(=O)C3CCCC3)cc2)CC(C)O1. The van der Waals surface area contributed by atoms with Crippen molar-refractivity contribution in [1.82, 2.24) is 4.31 Å². The van der Waals surface area contributed by atoms with Gasteiger partial charge in [0.15, 0.2) is 0 Å². The maximum Gasteiger partial charge on any atom is 0.243 e.